The van der Waals surface area contributed by atoms with E-state index in [1.165, 1.54) is 0 Å². The third-order valence-corrected chi connectivity index (χ3v) is 2.60. The summed E-state index contributed by atoms with van der Waals surface area (Å²) in [5, 5.41) is 0. The molecule has 0 heterocycles. The number of hydrogen-bond acceptors (Lipinski definition) is 3. The van der Waals surface area contributed by atoms with Gasteiger partial charge in [0, 0.05) is 23.1 Å². The van der Waals surface area contributed by atoms with Crippen LogP contribution in [0.3, 0.4) is 0 Å². The molecule has 128 valence electrons. The average molecular weight is 380 g/mol. The molecule has 0 aliphatic rings. The molecule has 0 atom stereocenters. The highest BCUT2D eigenvalue weighted by atomic mass is 35.5. The number of aliphatic imine (C=N–C) groups is 1. The summed E-state index contributed by atoms with van der Waals surface area (Å²) in [5.41, 5.74) is 20.4. The summed E-state index contributed by atoms with van der Waals surface area (Å²) in [6.07, 6.45) is 3.52. The zero-order chi connectivity index (χ0) is 13.7. The molecule has 8 N–H and O–H groups in total. The van der Waals surface area contributed by atoms with Gasteiger partial charge in [-0.3, -0.25) is 0 Å². The Bertz CT molecular complexity index is 631. The van der Waals surface area contributed by atoms with Crippen LogP contribution in [0.1, 0.15) is 11.1 Å². The molecule has 0 aromatic heterocycles. The molecule has 0 unspecified atom stereocenters. The second-order valence-electron chi connectivity index (χ2n) is 4.12. The van der Waals surface area contributed by atoms with Crippen LogP contribution in [0, 0.1) is 0 Å². The van der Waals surface area contributed by atoms with E-state index in [9.17, 15) is 0 Å². The largest absolute Gasteiger partial charge is 0.412 e. The van der Waals surface area contributed by atoms with E-state index in [1.54, 1.807) is 18.3 Å². The fraction of sp³-hybridized carbons (Fsp3) is 0. The summed E-state index contributed by atoms with van der Waals surface area (Å²) in [5.74, 6) is 0.430. The van der Waals surface area contributed by atoms with Crippen LogP contribution in [-0.4, -0.2) is 11.3 Å². The molecule has 5 nitrogen and oxygen atoms in total. The lowest BCUT2D eigenvalue weighted by Crippen LogP contribution is -2.12. The Balaban J connectivity index is -0.000001000. The number of amidine groups is 1. The van der Waals surface area contributed by atoms with E-state index in [4.69, 9.17) is 17.2 Å². The number of rotatable bonds is 3. The Morgan fingerprint density at radius 2 is 1.48 bits per heavy atom. The maximum atomic E-state index is 5.88. The second kappa shape index (κ2) is 12.6. The highest BCUT2D eigenvalue weighted by Crippen LogP contribution is 2.08. The van der Waals surface area contributed by atoms with Gasteiger partial charge < -0.3 is 22.7 Å². The Labute approximate surface area is 154 Å². The number of hydrogen-bond donors (Lipinski definition) is 3. The van der Waals surface area contributed by atoms with Crippen LogP contribution in [0.2, 0.25) is 0 Å². The maximum Gasteiger partial charge on any atom is 0.130 e. The minimum absolute atomic E-state index is 0. The summed E-state index contributed by atoms with van der Waals surface area (Å²) >= 11 is 0. The van der Waals surface area contributed by atoms with Crippen molar-refractivity contribution in [2.45, 2.75) is 0 Å². The maximum absolute atomic E-state index is 5.88. The molecule has 0 fully saturated rings. The first kappa shape index (κ1) is 26.0. The molecule has 2 aromatic carbocycles. The van der Waals surface area contributed by atoms with Crippen LogP contribution in [0.4, 0.5) is 11.4 Å². The lowest BCUT2D eigenvalue weighted by Gasteiger charge is -2.00. The Morgan fingerprint density at radius 3 is 2.04 bits per heavy atom. The van der Waals surface area contributed by atoms with Crippen molar-refractivity contribution in [2.75, 3.05) is 11.5 Å². The van der Waals surface area contributed by atoms with Crippen molar-refractivity contribution in [3.63, 3.8) is 0 Å². The first-order chi connectivity index (χ1) is 9.15. The molecule has 0 saturated heterocycles. The molecule has 0 bridgehead atoms. The van der Waals surface area contributed by atoms with Crippen molar-refractivity contribution < 1.29 is 5.48 Å². The van der Waals surface area contributed by atoms with Crippen molar-refractivity contribution in [3.05, 3.63) is 65.9 Å². The molecule has 8 heteroatoms. The van der Waals surface area contributed by atoms with Crippen LogP contribution in [0.5, 0.6) is 0 Å². The minimum atomic E-state index is 0. The molecule has 2 aromatic rings. The van der Waals surface area contributed by atoms with E-state index in [2.05, 4.69) is 4.99 Å². The van der Waals surface area contributed by atoms with E-state index in [-0.39, 0.29) is 42.7 Å². The highest BCUT2D eigenvalue weighted by Gasteiger charge is 1.96. The molecule has 0 spiro atoms. The normalized spacial score (nSPS) is 9.83. The van der Waals surface area contributed by atoms with Crippen molar-refractivity contribution in [1.82, 2.24) is 0 Å². The van der Waals surface area contributed by atoms with Crippen molar-refractivity contribution >= 4 is 60.5 Å². The molecule has 23 heavy (non-hydrogen) atoms. The fourth-order valence-electron chi connectivity index (χ4n) is 1.58. The molecule has 0 radical (unpaired) electrons. The van der Waals surface area contributed by atoms with Crippen molar-refractivity contribution in [2.24, 2.45) is 10.7 Å². The smallest absolute Gasteiger partial charge is 0.130 e. The standard InChI is InChI=1S/C15H16N4.3ClH.H2O/c16-13-6-4-11(5-7-13)8-9-19-15(18)12-2-1-3-14(17)10-12;;;;/h1-10H,16-17H2,(H2,18,19);3*1H;1H2/b9-8+;;;;. The van der Waals surface area contributed by atoms with Gasteiger partial charge in [-0.25, -0.2) is 4.99 Å². The number of benzene rings is 2. The monoisotopic (exact) mass is 378 g/mol. The molecule has 2 rings (SSSR count). The zero-order valence-corrected chi connectivity index (χ0v) is 14.6. The van der Waals surface area contributed by atoms with Crippen molar-refractivity contribution in [1.29, 1.82) is 0 Å². The first-order valence-electron chi connectivity index (χ1n) is 5.86. The van der Waals surface area contributed by atoms with Gasteiger partial charge in [0.25, 0.3) is 0 Å². The lowest BCUT2D eigenvalue weighted by molar-refractivity contribution is 0.824. The van der Waals surface area contributed by atoms with Crippen LogP contribution >= 0.6 is 37.2 Å². The molecule has 0 saturated carbocycles. The predicted octanol–water partition coefficient (Wildman–Crippen LogP) is 2.67. The van der Waals surface area contributed by atoms with Gasteiger partial charge in [0.15, 0.2) is 0 Å². The van der Waals surface area contributed by atoms with E-state index < -0.39 is 0 Å². The average Bonchev–Trinajstić information content (AvgIpc) is 2.41. The number of nitrogen functional groups attached to an aromatic ring is 2. The van der Waals surface area contributed by atoms with E-state index >= 15 is 0 Å². The van der Waals surface area contributed by atoms with Crippen LogP contribution in [-0.2, 0) is 0 Å². The highest BCUT2D eigenvalue weighted by molar-refractivity contribution is 5.98. The summed E-state index contributed by atoms with van der Waals surface area (Å²) in [6, 6.07) is 14.8. The predicted molar refractivity (Wildman–Crippen MR) is 107 cm³/mol. The third-order valence-electron chi connectivity index (χ3n) is 2.60. The fourth-order valence-corrected chi connectivity index (χ4v) is 1.58. The van der Waals surface area contributed by atoms with Crippen LogP contribution < -0.4 is 17.2 Å². The Kier molecular flexibility index (Phi) is 14.3. The first-order valence-corrected chi connectivity index (χ1v) is 5.86. The SMILES string of the molecule is Cl.Cl.Cl.NC(=N/C=C/c1ccc(N)cc1)c1cccc(N)c1.O. The van der Waals surface area contributed by atoms with Gasteiger partial charge in [0.1, 0.15) is 5.84 Å². The summed E-state index contributed by atoms with van der Waals surface area (Å²) in [6.45, 7) is 0. The Hall–Kier alpha value is -1.92. The van der Waals surface area contributed by atoms with Crippen molar-refractivity contribution in [3.8, 4) is 0 Å². The molecular formula is C15H21Cl3N4O. The summed E-state index contributed by atoms with van der Waals surface area (Å²) < 4.78 is 0. The zero-order valence-electron chi connectivity index (χ0n) is 12.2. The van der Waals surface area contributed by atoms with E-state index in [0.29, 0.717) is 11.5 Å². The molecular weight excluding hydrogens is 359 g/mol. The number of nitrogens with two attached hydrogens (primary N) is 3. The van der Waals surface area contributed by atoms with Gasteiger partial charge in [0.05, 0.1) is 0 Å². The molecule has 0 aliphatic heterocycles. The molecule has 0 aliphatic carbocycles. The third kappa shape index (κ3) is 8.32. The number of anilines is 2. The van der Waals surface area contributed by atoms with Crippen LogP contribution in [0.15, 0.2) is 59.7 Å². The number of halogens is 3. The van der Waals surface area contributed by atoms with Gasteiger partial charge in [-0.1, -0.05) is 24.3 Å². The van der Waals surface area contributed by atoms with Gasteiger partial charge in [0.2, 0.25) is 0 Å². The van der Waals surface area contributed by atoms with Gasteiger partial charge >= 0.3 is 0 Å². The number of nitrogens with zero attached hydrogens (tertiary/aromatic N) is 1. The lowest BCUT2D eigenvalue weighted by atomic mass is 10.2. The topological polar surface area (TPSA) is 122 Å². The minimum Gasteiger partial charge on any atom is -0.412 e. The summed E-state index contributed by atoms with van der Waals surface area (Å²) in [4.78, 5) is 4.18. The van der Waals surface area contributed by atoms with Gasteiger partial charge in [-0.2, -0.15) is 0 Å². The quantitative estimate of drug-likeness (QED) is 0.431. The molecule has 0 amide bonds. The Morgan fingerprint density at radius 1 is 0.870 bits per heavy atom. The van der Waals surface area contributed by atoms with E-state index in [1.807, 2.05) is 42.5 Å². The van der Waals surface area contributed by atoms with Gasteiger partial charge in [-0.15, -0.1) is 37.2 Å². The summed E-state index contributed by atoms with van der Waals surface area (Å²) in [7, 11) is 0. The van der Waals surface area contributed by atoms with Crippen LogP contribution in [0.25, 0.3) is 6.08 Å². The van der Waals surface area contributed by atoms with E-state index in [0.717, 1.165) is 16.8 Å². The second-order valence-corrected chi connectivity index (χ2v) is 4.12. The van der Waals surface area contributed by atoms with Gasteiger partial charge in [-0.05, 0) is 35.9 Å².